The molecule has 1 aromatic heterocycles. The van der Waals surface area contributed by atoms with Crippen molar-refractivity contribution in [2.75, 3.05) is 24.5 Å². The third-order valence-corrected chi connectivity index (χ3v) is 3.89. The number of guanidine groups is 1. The number of benzene rings is 1. The van der Waals surface area contributed by atoms with Gasteiger partial charge in [-0.2, -0.15) is 4.99 Å². The first kappa shape index (κ1) is 18.1. The van der Waals surface area contributed by atoms with Crippen molar-refractivity contribution in [1.82, 2.24) is 20.6 Å². The highest BCUT2D eigenvalue weighted by atomic mass is 16.2. The number of nitrogens with one attached hydrogen (secondary N) is 2. The second kappa shape index (κ2) is 8.13. The predicted octanol–water partition coefficient (Wildman–Crippen LogP) is -0.437. The average molecular weight is 368 g/mol. The van der Waals surface area contributed by atoms with Gasteiger partial charge in [0.15, 0.2) is 5.96 Å². The van der Waals surface area contributed by atoms with E-state index in [0.717, 1.165) is 16.7 Å². The van der Waals surface area contributed by atoms with Gasteiger partial charge in [0.05, 0.1) is 6.54 Å². The molecule has 27 heavy (non-hydrogen) atoms. The standard InChI is InChI=1S/C17H20N8O2/c18-15(19)24-17(27)23-7-11-2-1-3-12(6-11)13-8-21-16(22-9-13)25-5-4-20-14(26)10-25/h1-3,6,8-9H,4-5,7,10H2,(H,20,26)(H5,18,19,23,24,27). The van der Waals surface area contributed by atoms with Crippen LogP contribution in [0.5, 0.6) is 0 Å². The number of rotatable bonds is 4. The number of hydrogen-bond donors (Lipinski definition) is 4. The van der Waals surface area contributed by atoms with Gasteiger partial charge in [0, 0.05) is 37.6 Å². The van der Waals surface area contributed by atoms with Crippen LogP contribution < -0.4 is 27.0 Å². The van der Waals surface area contributed by atoms with Gasteiger partial charge >= 0.3 is 6.03 Å². The Morgan fingerprint density at radius 1 is 1.26 bits per heavy atom. The Hall–Kier alpha value is -3.69. The quantitative estimate of drug-likeness (QED) is 0.422. The highest BCUT2D eigenvalue weighted by molar-refractivity contribution is 5.90. The molecule has 0 aliphatic carbocycles. The molecule has 6 N–H and O–H groups in total. The number of amides is 3. The van der Waals surface area contributed by atoms with E-state index < -0.39 is 6.03 Å². The van der Waals surface area contributed by atoms with Crippen molar-refractivity contribution >= 4 is 23.8 Å². The molecule has 0 bridgehead atoms. The average Bonchev–Trinajstić information content (AvgIpc) is 2.66. The van der Waals surface area contributed by atoms with Crippen LogP contribution in [-0.4, -0.2) is 47.5 Å². The minimum Gasteiger partial charge on any atom is -0.370 e. The number of nitrogens with zero attached hydrogens (tertiary/aromatic N) is 4. The van der Waals surface area contributed by atoms with Gasteiger partial charge in [-0.05, 0) is 17.2 Å². The lowest BCUT2D eigenvalue weighted by atomic mass is 10.1. The largest absolute Gasteiger partial charge is 0.370 e. The van der Waals surface area contributed by atoms with Crippen LogP contribution in [0.1, 0.15) is 5.56 Å². The molecule has 2 aromatic rings. The van der Waals surface area contributed by atoms with E-state index in [-0.39, 0.29) is 25.0 Å². The number of anilines is 1. The first-order chi connectivity index (χ1) is 13.0. The van der Waals surface area contributed by atoms with Crippen molar-refractivity contribution in [2.45, 2.75) is 6.54 Å². The summed E-state index contributed by atoms with van der Waals surface area (Å²) in [5.41, 5.74) is 12.9. The Labute approximate surface area is 155 Å². The van der Waals surface area contributed by atoms with Gasteiger partial charge < -0.3 is 27.0 Å². The van der Waals surface area contributed by atoms with Crippen molar-refractivity contribution in [2.24, 2.45) is 16.5 Å². The minimum atomic E-state index is -0.598. The molecule has 10 nitrogen and oxygen atoms in total. The topological polar surface area (TPSA) is 152 Å². The molecule has 2 heterocycles. The van der Waals surface area contributed by atoms with Crippen molar-refractivity contribution in [1.29, 1.82) is 0 Å². The monoisotopic (exact) mass is 368 g/mol. The highest BCUT2D eigenvalue weighted by Crippen LogP contribution is 2.20. The normalized spacial score (nSPS) is 13.6. The zero-order valence-electron chi connectivity index (χ0n) is 14.6. The SMILES string of the molecule is NC(N)=NC(=O)NCc1cccc(-c2cnc(N3CCNC(=O)C3)nc2)c1. The van der Waals surface area contributed by atoms with E-state index >= 15 is 0 Å². The number of urea groups is 1. The maximum atomic E-state index is 11.5. The van der Waals surface area contributed by atoms with Gasteiger partial charge in [-0.3, -0.25) is 4.79 Å². The summed E-state index contributed by atoms with van der Waals surface area (Å²) >= 11 is 0. The van der Waals surface area contributed by atoms with Crippen LogP contribution in [0, 0.1) is 0 Å². The summed E-state index contributed by atoms with van der Waals surface area (Å²) in [6.07, 6.45) is 3.43. The molecule has 0 saturated carbocycles. The third-order valence-electron chi connectivity index (χ3n) is 3.89. The van der Waals surface area contributed by atoms with E-state index in [1.807, 2.05) is 29.2 Å². The van der Waals surface area contributed by atoms with Gasteiger partial charge in [-0.25, -0.2) is 14.8 Å². The maximum absolute atomic E-state index is 11.5. The molecular formula is C17H20N8O2. The lowest BCUT2D eigenvalue weighted by Crippen LogP contribution is -2.48. The summed E-state index contributed by atoms with van der Waals surface area (Å²) in [5, 5.41) is 5.37. The molecule has 1 fully saturated rings. The van der Waals surface area contributed by atoms with E-state index in [1.165, 1.54) is 0 Å². The van der Waals surface area contributed by atoms with Gasteiger partial charge in [-0.15, -0.1) is 0 Å². The van der Waals surface area contributed by atoms with E-state index in [4.69, 9.17) is 11.5 Å². The molecular weight excluding hydrogens is 348 g/mol. The van der Waals surface area contributed by atoms with E-state index in [0.29, 0.717) is 19.0 Å². The van der Waals surface area contributed by atoms with E-state index in [1.54, 1.807) is 12.4 Å². The highest BCUT2D eigenvalue weighted by Gasteiger charge is 2.18. The molecule has 3 rings (SSSR count). The lowest BCUT2D eigenvalue weighted by molar-refractivity contribution is -0.120. The molecule has 1 aromatic carbocycles. The summed E-state index contributed by atoms with van der Waals surface area (Å²) in [5.74, 6) is 0.198. The molecule has 1 aliphatic heterocycles. The summed E-state index contributed by atoms with van der Waals surface area (Å²) in [4.78, 5) is 36.9. The zero-order valence-corrected chi connectivity index (χ0v) is 14.6. The fourth-order valence-corrected chi connectivity index (χ4v) is 2.64. The Balaban J connectivity index is 1.68. The molecule has 1 aliphatic rings. The smallest absolute Gasteiger partial charge is 0.344 e. The summed E-state index contributed by atoms with van der Waals surface area (Å²) in [6, 6.07) is 7.00. The number of hydrogen-bond acceptors (Lipinski definition) is 5. The second-order valence-electron chi connectivity index (χ2n) is 5.94. The molecule has 0 spiro atoms. The maximum Gasteiger partial charge on any atom is 0.344 e. The summed E-state index contributed by atoms with van der Waals surface area (Å²) < 4.78 is 0. The number of aliphatic imine (C=N–C) groups is 1. The molecule has 0 atom stereocenters. The van der Waals surface area contributed by atoms with Crippen LogP contribution in [0.15, 0.2) is 41.7 Å². The van der Waals surface area contributed by atoms with Crippen molar-refractivity contribution in [3.05, 3.63) is 42.2 Å². The van der Waals surface area contributed by atoms with Gasteiger partial charge in [0.25, 0.3) is 0 Å². The molecule has 3 amide bonds. The van der Waals surface area contributed by atoms with Crippen LogP contribution in [0.25, 0.3) is 11.1 Å². The Bertz CT molecular complexity index is 861. The molecule has 10 heteroatoms. The van der Waals surface area contributed by atoms with Crippen LogP contribution in [-0.2, 0) is 11.3 Å². The Kier molecular flexibility index (Phi) is 5.45. The van der Waals surface area contributed by atoms with Gasteiger partial charge in [0.2, 0.25) is 11.9 Å². The number of aromatic nitrogens is 2. The van der Waals surface area contributed by atoms with Crippen LogP contribution in [0.3, 0.4) is 0 Å². The summed E-state index contributed by atoms with van der Waals surface area (Å²) in [6.45, 7) is 1.79. The lowest BCUT2D eigenvalue weighted by Gasteiger charge is -2.26. The molecule has 0 unspecified atom stereocenters. The van der Waals surface area contributed by atoms with Gasteiger partial charge in [-0.1, -0.05) is 18.2 Å². The number of carbonyl (C=O) groups excluding carboxylic acids is 2. The van der Waals surface area contributed by atoms with E-state index in [9.17, 15) is 9.59 Å². The minimum absolute atomic E-state index is 0.0376. The summed E-state index contributed by atoms with van der Waals surface area (Å²) in [7, 11) is 0. The number of carbonyl (C=O) groups is 2. The van der Waals surface area contributed by atoms with Crippen molar-refractivity contribution in [3.63, 3.8) is 0 Å². The predicted molar refractivity (Wildman–Crippen MR) is 101 cm³/mol. The fraction of sp³-hybridized carbons (Fsp3) is 0.235. The molecule has 140 valence electrons. The first-order valence-electron chi connectivity index (χ1n) is 8.32. The second-order valence-corrected chi connectivity index (χ2v) is 5.94. The van der Waals surface area contributed by atoms with Crippen LogP contribution in [0.4, 0.5) is 10.7 Å². The third kappa shape index (κ3) is 4.91. The number of piperazine rings is 1. The van der Waals surface area contributed by atoms with Crippen LogP contribution >= 0.6 is 0 Å². The first-order valence-corrected chi connectivity index (χ1v) is 8.32. The van der Waals surface area contributed by atoms with Crippen LogP contribution in [0.2, 0.25) is 0 Å². The number of nitrogens with two attached hydrogens (primary N) is 2. The van der Waals surface area contributed by atoms with Gasteiger partial charge in [0.1, 0.15) is 0 Å². The van der Waals surface area contributed by atoms with Crippen molar-refractivity contribution in [3.8, 4) is 11.1 Å². The fourth-order valence-electron chi connectivity index (χ4n) is 2.64. The van der Waals surface area contributed by atoms with Crippen molar-refractivity contribution < 1.29 is 9.59 Å². The molecule has 1 saturated heterocycles. The Morgan fingerprint density at radius 3 is 2.74 bits per heavy atom. The van der Waals surface area contributed by atoms with E-state index in [2.05, 4.69) is 25.6 Å². The zero-order chi connectivity index (χ0) is 19.2. The Morgan fingerprint density at radius 2 is 2.04 bits per heavy atom. The molecule has 0 radical (unpaired) electrons.